The third-order valence-electron chi connectivity index (χ3n) is 3.85. The summed E-state index contributed by atoms with van der Waals surface area (Å²) in [4.78, 5) is 4.66. The van der Waals surface area contributed by atoms with Crippen LogP contribution < -0.4 is 5.32 Å². The summed E-state index contributed by atoms with van der Waals surface area (Å²) >= 11 is 1.86. The first kappa shape index (κ1) is 14.0. The maximum atomic E-state index is 5.76. The van der Waals surface area contributed by atoms with Gasteiger partial charge in [-0.1, -0.05) is 42.1 Å². The van der Waals surface area contributed by atoms with Gasteiger partial charge in [-0.15, -0.1) is 0 Å². The van der Waals surface area contributed by atoms with Crippen LogP contribution in [0.5, 0.6) is 0 Å². The van der Waals surface area contributed by atoms with Gasteiger partial charge < -0.3 is 10.1 Å². The first-order valence-corrected chi connectivity index (χ1v) is 8.17. The van der Waals surface area contributed by atoms with Gasteiger partial charge in [-0.2, -0.15) is 0 Å². The van der Waals surface area contributed by atoms with Gasteiger partial charge in [0, 0.05) is 12.6 Å². The normalized spacial score (nSPS) is 29.0. The fourth-order valence-corrected chi connectivity index (χ4v) is 3.92. The zero-order valence-corrected chi connectivity index (χ0v) is 13.0. The molecule has 108 valence electrons. The molecule has 0 aromatic heterocycles. The summed E-state index contributed by atoms with van der Waals surface area (Å²) in [6.07, 6.45) is 2.11. The topological polar surface area (TPSA) is 33.6 Å². The van der Waals surface area contributed by atoms with Crippen molar-refractivity contribution in [3.63, 3.8) is 0 Å². The lowest BCUT2D eigenvalue weighted by Gasteiger charge is -2.36. The van der Waals surface area contributed by atoms with Gasteiger partial charge in [0.05, 0.1) is 17.4 Å². The monoisotopic (exact) mass is 290 g/mol. The molecule has 0 spiro atoms. The van der Waals surface area contributed by atoms with Gasteiger partial charge in [-0.25, -0.2) is 0 Å². The minimum atomic E-state index is -0.0153. The van der Waals surface area contributed by atoms with Gasteiger partial charge in [0.1, 0.15) is 0 Å². The van der Waals surface area contributed by atoms with Crippen molar-refractivity contribution in [1.29, 1.82) is 0 Å². The van der Waals surface area contributed by atoms with Crippen molar-refractivity contribution in [3.05, 3.63) is 35.9 Å². The molecule has 1 aromatic carbocycles. The highest BCUT2D eigenvalue weighted by molar-refractivity contribution is 8.14. The number of nitrogens with zero attached hydrogens (tertiary/aromatic N) is 1. The second-order valence-corrected chi connectivity index (χ2v) is 7.30. The Morgan fingerprint density at radius 3 is 2.85 bits per heavy atom. The van der Waals surface area contributed by atoms with E-state index in [1.165, 1.54) is 5.56 Å². The van der Waals surface area contributed by atoms with E-state index < -0.39 is 0 Å². The number of aliphatic imine (C=N–C) groups is 1. The molecule has 1 N–H and O–H groups in total. The molecule has 20 heavy (non-hydrogen) atoms. The van der Waals surface area contributed by atoms with E-state index in [2.05, 4.69) is 54.5 Å². The third-order valence-corrected chi connectivity index (χ3v) is 5.03. The number of hydrogen-bond acceptors (Lipinski definition) is 4. The average molecular weight is 290 g/mol. The second-order valence-electron chi connectivity index (χ2n) is 6.11. The largest absolute Gasteiger partial charge is 0.375 e. The Bertz CT molecular complexity index is 487. The highest BCUT2D eigenvalue weighted by Crippen LogP contribution is 2.35. The van der Waals surface area contributed by atoms with Crippen LogP contribution >= 0.6 is 11.8 Å². The molecular weight excluding hydrogens is 268 g/mol. The van der Waals surface area contributed by atoms with Crippen molar-refractivity contribution in [3.8, 4) is 0 Å². The van der Waals surface area contributed by atoms with Crippen molar-refractivity contribution < 1.29 is 4.74 Å². The van der Waals surface area contributed by atoms with Crippen molar-refractivity contribution in [2.75, 3.05) is 13.2 Å². The van der Waals surface area contributed by atoms with Crippen molar-refractivity contribution in [1.82, 2.24) is 5.32 Å². The molecule has 1 saturated heterocycles. The molecule has 1 aromatic rings. The molecule has 4 heteroatoms. The van der Waals surface area contributed by atoms with E-state index in [0.29, 0.717) is 11.3 Å². The Hall–Kier alpha value is -1.00. The summed E-state index contributed by atoms with van der Waals surface area (Å²) in [7, 11) is 0. The van der Waals surface area contributed by atoms with Gasteiger partial charge in [0.25, 0.3) is 0 Å². The third kappa shape index (κ3) is 3.36. The average Bonchev–Trinajstić information content (AvgIpc) is 2.87. The lowest BCUT2D eigenvalue weighted by atomic mass is 9.94. The summed E-state index contributed by atoms with van der Waals surface area (Å²) in [5, 5.41) is 5.17. The van der Waals surface area contributed by atoms with E-state index in [9.17, 15) is 0 Å². The van der Waals surface area contributed by atoms with E-state index in [1.807, 2.05) is 11.8 Å². The van der Waals surface area contributed by atoms with Crippen LogP contribution in [0.3, 0.4) is 0 Å². The highest BCUT2D eigenvalue weighted by atomic mass is 32.2. The molecule has 2 aliphatic heterocycles. The van der Waals surface area contributed by atoms with E-state index in [-0.39, 0.29) is 5.60 Å². The first-order valence-electron chi connectivity index (χ1n) is 7.29. The SMILES string of the molecule is CC1(C)CC(NC2=NCC(c3ccccc3)S2)CCO1. The van der Waals surface area contributed by atoms with E-state index in [1.54, 1.807) is 0 Å². The van der Waals surface area contributed by atoms with Crippen molar-refractivity contribution in [2.45, 2.75) is 43.6 Å². The molecule has 2 unspecified atom stereocenters. The van der Waals surface area contributed by atoms with E-state index in [0.717, 1.165) is 31.2 Å². The minimum absolute atomic E-state index is 0.0153. The maximum Gasteiger partial charge on any atom is 0.157 e. The molecule has 3 nitrogen and oxygen atoms in total. The number of benzene rings is 1. The van der Waals surface area contributed by atoms with Gasteiger partial charge >= 0.3 is 0 Å². The molecule has 2 atom stereocenters. The van der Waals surface area contributed by atoms with E-state index >= 15 is 0 Å². The van der Waals surface area contributed by atoms with E-state index in [4.69, 9.17) is 4.74 Å². The van der Waals surface area contributed by atoms with Crippen LogP contribution in [0.4, 0.5) is 0 Å². The maximum absolute atomic E-state index is 5.76. The van der Waals surface area contributed by atoms with Crippen LogP contribution in [0.15, 0.2) is 35.3 Å². The second kappa shape index (κ2) is 5.78. The Morgan fingerprint density at radius 2 is 2.10 bits per heavy atom. The fourth-order valence-electron chi connectivity index (χ4n) is 2.83. The molecule has 1 fully saturated rings. The van der Waals surface area contributed by atoms with Crippen LogP contribution in [0.2, 0.25) is 0 Å². The lowest BCUT2D eigenvalue weighted by molar-refractivity contribution is -0.0603. The summed E-state index contributed by atoms with van der Waals surface area (Å²) < 4.78 is 5.76. The minimum Gasteiger partial charge on any atom is -0.375 e. The predicted octanol–water partition coefficient (Wildman–Crippen LogP) is 3.38. The molecule has 0 saturated carbocycles. The zero-order chi connectivity index (χ0) is 14.0. The Labute approximate surface area is 125 Å². The lowest BCUT2D eigenvalue weighted by Crippen LogP contribution is -2.44. The standard InChI is InChI=1S/C16H22N2OS/c1-16(2)10-13(8-9-19-16)18-15-17-11-14(20-15)12-6-4-3-5-7-12/h3-7,13-14H,8-11H2,1-2H3,(H,17,18). The van der Waals surface area contributed by atoms with Crippen LogP contribution in [0.1, 0.15) is 37.5 Å². The Morgan fingerprint density at radius 1 is 1.30 bits per heavy atom. The summed E-state index contributed by atoms with van der Waals surface area (Å²) in [6, 6.07) is 11.1. The zero-order valence-electron chi connectivity index (χ0n) is 12.1. The van der Waals surface area contributed by atoms with Gasteiger partial charge in [0.2, 0.25) is 0 Å². The van der Waals surface area contributed by atoms with Crippen LogP contribution in [-0.4, -0.2) is 30.0 Å². The van der Waals surface area contributed by atoms with Gasteiger partial charge in [0.15, 0.2) is 5.17 Å². The summed E-state index contributed by atoms with van der Waals surface area (Å²) in [6.45, 7) is 6.04. The van der Waals surface area contributed by atoms with Crippen LogP contribution in [0.25, 0.3) is 0 Å². The van der Waals surface area contributed by atoms with Crippen LogP contribution in [0, 0.1) is 0 Å². The van der Waals surface area contributed by atoms with Gasteiger partial charge in [-0.05, 0) is 32.3 Å². The van der Waals surface area contributed by atoms with Crippen molar-refractivity contribution in [2.24, 2.45) is 4.99 Å². The first-order chi connectivity index (χ1) is 9.62. The molecular formula is C16H22N2OS. The van der Waals surface area contributed by atoms with Crippen molar-refractivity contribution >= 4 is 16.9 Å². The molecule has 0 aliphatic carbocycles. The number of rotatable bonds is 2. The molecule has 0 bridgehead atoms. The molecule has 2 heterocycles. The summed E-state index contributed by atoms with van der Waals surface area (Å²) in [5.41, 5.74) is 1.35. The Balaban J connectivity index is 1.55. The Kier molecular flexibility index (Phi) is 4.03. The molecule has 2 aliphatic rings. The number of thioether (sulfide) groups is 1. The fraction of sp³-hybridized carbons (Fsp3) is 0.562. The molecule has 0 amide bonds. The summed E-state index contributed by atoms with van der Waals surface area (Å²) in [5.74, 6) is 0. The number of hydrogen-bond donors (Lipinski definition) is 1. The highest BCUT2D eigenvalue weighted by Gasteiger charge is 2.30. The quantitative estimate of drug-likeness (QED) is 0.906. The predicted molar refractivity (Wildman–Crippen MR) is 85.3 cm³/mol. The smallest absolute Gasteiger partial charge is 0.157 e. The number of amidine groups is 1. The molecule has 0 radical (unpaired) electrons. The van der Waals surface area contributed by atoms with Gasteiger partial charge in [-0.3, -0.25) is 4.99 Å². The molecule has 3 rings (SSSR count). The number of nitrogens with one attached hydrogen (secondary N) is 1. The number of ether oxygens (including phenoxy) is 1. The van der Waals surface area contributed by atoms with Crippen LogP contribution in [-0.2, 0) is 4.74 Å².